The van der Waals surface area contributed by atoms with Crippen LogP contribution in [0.2, 0.25) is 0 Å². The number of nitrogens with one attached hydrogen (secondary N) is 2. The maximum atomic E-state index is 11.8. The van der Waals surface area contributed by atoms with Crippen LogP contribution in [0.1, 0.15) is 30.4 Å². The molecule has 0 spiro atoms. The average Bonchev–Trinajstić information content (AvgIpc) is 3.49. The SMILES string of the molecule is COc1ccc(N2C(=S)N[C@H](c3ccccn3)[C@H]2c2cccn2-c2ccc(O)cc2)cc1NC(C)=O. The quantitative estimate of drug-likeness (QED) is 0.331. The summed E-state index contributed by atoms with van der Waals surface area (Å²) in [7, 11) is 1.56. The summed E-state index contributed by atoms with van der Waals surface area (Å²) >= 11 is 5.85. The molecule has 0 aliphatic carbocycles. The number of phenolic OH excluding ortho intramolecular Hbond substituents is 1. The van der Waals surface area contributed by atoms with Crippen LogP contribution in [-0.2, 0) is 4.79 Å². The number of aromatic hydroxyl groups is 1. The Balaban J connectivity index is 1.66. The molecule has 1 fully saturated rings. The summed E-state index contributed by atoms with van der Waals surface area (Å²) in [5.41, 5.74) is 4.07. The molecule has 2 atom stereocenters. The summed E-state index contributed by atoms with van der Waals surface area (Å²) < 4.78 is 7.52. The van der Waals surface area contributed by atoms with Crippen LogP contribution in [0.5, 0.6) is 11.5 Å². The molecule has 5 rings (SSSR count). The second-order valence-corrected chi connectivity index (χ2v) is 8.77. The van der Waals surface area contributed by atoms with Gasteiger partial charge in [0.1, 0.15) is 17.5 Å². The first-order valence-corrected chi connectivity index (χ1v) is 11.8. The van der Waals surface area contributed by atoms with E-state index in [4.69, 9.17) is 17.0 Å². The van der Waals surface area contributed by atoms with E-state index in [1.165, 1.54) is 6.92 Å². The second-order valence-electron chi connectivity index (χ2n) is 8.38. The maximum Gasteiger partial charge on any atom is 0.221 e. The molecule has 9 heteroatoms. The third kappa shape index (κ3) is 4.36. The lowest BCUT2D eigenvalue weighted by molar-refractivity contribution is -0.114. The van der Waals surface area contributed by atoms with E-state index in [0.29, 0.717) is 16.5 Å². The third-order valence-corrected chi connectivity index (χ3v) is 6.40. The van der Waals surface area contributed by atoms with E-state index in [1.54, 1.807) is 25.4 Å². The molecular formula is C27H25N5O3S. The molecule has 1 saturated heterocycles. The zero-order chi connectivity index (χ0) is 25.2. The second kappa shape index (κ2) is 9.71. The number of ether oxygens (including phenoxy) is 1. The summed E-state index contributed by atoms with van der Waals surface area (Å²) in [5, 5.41) is 16.6. The lowest BCUT2D eigenvalue weighted by Crippen LogP contribution is -2.30. The summed E-state index contributed by atoms with van der Waals surface area (Å²) in [6, 6.07) is 22.0. The van der Waals surface area contributed by atoms with Crippen LogP contribution in [0, 0.1) is 0 Å². The lowest BCUT2D eigenvalue weighted by Gasteiger charge is -2.29. The molecule has 182 valence electrons. The Kier molecular flexibility index (Phi) is 6.30. The van der Waals surface area contributed by atoms with Gasteiger partial charge in [-0.2, -0.15) is 0 Å². The van der Waals surface area contributed by atoms with Gasteiger partial charge in [-0.1, -0.05) is 6.07 Å². The molecule has 0 unspecified atom stereocenters. The predicted octanol–water partition coefficient (Wildman–Crippen LogP) is 4.72. The number of rotatable bonds is 6. The number of thiocarbonyl (C=S) groups is 1. The minimum absolute atomic E-state index is 0.198. The highest BCUT2D eigenvalue weighted by Gasteiger charge is 2.42. The first-order chi connectivity index (χ1) is 17.5. The molecule has 2 aromatic heterocycles. The van der Waals surface area contributed by atoms with Crippen LogP contribution in [0.3, 0.4) is 0 Å². The zero-order valence-corrected chi connectivity index (χ0v) is 20.6. The van der Waals surface area contributed by atoms with Gasteiger partial charge in [0.05, 0.1) is 24.5 Å². The number of pyridine rings is 1. The van der Waals surface area contributed by atoms with Crippen LogP contribution in [0.15, 0.2) is 85.2 Å². The molecule has 4 aromatic rings. The van der Waals surface area contributed by atoms with Crippen molar-refractivity contribution in [2.45, 2.75) is 19.0 Å². The number of amides is 1. The predicted molar refractivity (Wildman–Crippen MR) is 143 cm³/mol. The molecule has 8 nitrogen and oxygen atoms in total. The van der Waals surface area contributed by atoms with E-state index in [1.807, 2.05) is 71.8 Å². The van der Waals surface area contributed by atoms with Gasteiger partial charge in [0, 0.05) is 36.4 Å². The Morgan fingerprint density at radius 1 is 1.08 bits per heavy atom. The fraction of sp³-hybridized carbons (Fsp3) is 0.148. The zero-order valence-electron chi connectivity index (χ0n) is 19.8. The molecule has 0 radical (unpaired) electrons. The highest BCUT2D eigenvalue weighted by atomic mass is 32.1. The smallest absolute Gasteiger partial charge is 0.221 e. The molecule has 1 amide bonds. The van der Waals surface area contributed by atoms with Crippen molar-refractivity contribution in [1.82, 2.24) is 14.9 Å². The molecule has 1 aliphatic heterocycles. The van der Waals surface area contributed by atoms with Gasteiger partial charge in [0.15, 0.2) is 5.11 Å². The molecule has 3 heterocycles. The summed E-state index contributed by atoms with van der Waals surface area (Å²) in [6.45, 7) is 1.46. The minimum Gasteiger partial charge on any atom is -0.508 e. The Hall–Kier alpha value is -4.37. The van der Waals surface area contributed by atoms with Gasteiger partial charge in [-0.3, -0.25) is 9.78 Å². The largest absolute Gasteiger partial charge is 0.508 e. The van der Waals surface area contributed by atoms with Gasteiger partial charge >= 0.3 is 0 Å². The number of methoxy groups -OCH3 is 1. The van der Waals surface area contributed by atoms with Crippen molar-refractivity contribution in [3.63, 3.8) is 0 Å². The fourth-order valence-corrected chi connectivity index (χ4v) is 4.90. The van der Waals surface area contributed by atoms with Crippen molar-refractivity contribution in [2.75, 3.05) is 17.3 Å². The minimum atomic E-state index is -0.269. The number of carbonyl (C=O) groups excluding carboxylic acids is 1. The van der Waals surface area contributed by atoms with E-state index >= 15 is 0 Å². The Bertz CT molecular complexity index is 1400. The highest BCUT2D eigenvalue weighted by molar-refractivity contribution is 7.80. The number of benzene rings is 2. The van der Waals surface area contributed by atoms with Crippen molar-refractivity contribution in [2.24, 2.45) is 0 Å². The number of nitrogens with zero attached hydrogens (tertiary/aromatic N) is 3. The van der Waals surface area contributed by atoms with Crippen LogP contribution < -0.4 is 20.3 Å². The number of phenols is 1. The lowest BCUT2D eigenvalue weighted by atomic mass is 10.0. The molecule has 0 saturated carbocycles. The van der Waals surface area contributed by atoms with Crippen molar-refractivity contribution in [1.29, 1.82) is 0 Å². The number of aromatic nitrogens is 2. The number of hydrogen-bond acceptors (Lipinski definition) is 5. The van der Waals surface area contributed by atoms with Gasteiger partial charge in [0.25, 0.3) is 0 Å². The summed E-state index contributed by atoms with van der Waals surface area (Å²) in [4.78, 5) is 18.5. The number of carbonyl (C=O) groups is 1. The number of hydrogen-bond donors (Lipinski definition) is 3. The average molecular weight is 500 g/mol. The Morgan fingerprint density at radius 2 is 1.86 bits per heavy atom. The first-order valence-electron chi connectivity index (χ1n) is 11.4. The van der Waals surface area contributed by atoms with Gasteiger partial charge in [-0.05, 0) is 78.9 Å². The van der Waals surface area contributed by atoms with Crippen LogP contribution in [-0.4, -0.2) is 32.8 Å². The van der Waals surface area contributed by atoms with Crippen molar-refractivity contribution in [3.05, 3.63) is 96.6 Å². The molecule has 1 aliphatic rings. The summed E-state index contributed by atoms with van der Waals surface area (Å²) in [6.07, 6.45) is 3.74. The van der Waals surface area contributed by atoms with Gasteiger partial charge in [0.2, 0.25) is 5.91 Å². The van der Waals surface area contributed by atoms with Crippen molar-refractivity contribution < 1.29 is 14.6 Å². The first kappa shape index (κ1) is 23.4. The summed E-state index contributed by atoms with van der Waals surface area (Å²) in [5.74, 6) is 0.557. The Morgan fingerprint density at radius 3 is 2.56 bits per heavy atom. The molecule has 3 N–H and O–H groups in total. The maximum absolute atomic E-state index is 11.8. The van der Waals surface area contributed by atoms with E-state index in [9.17, 15) is 9.90 Å². The van der Waals surface area contributed by atoms with E-state index in [0.717, 1.165) is 22.8 Å². The Labute approximate surface area is 214 Å². The molecule has 2 aromatic carbocycles. The number of anilines is 2. The normalized spacial score (nSPS) is 17.1. The topological polar surface area (TPSA) is 91.7 Å². The molecule has 0 bridgehead atoms. The highest BCUT2D eigenvalue weighted by Crippen LogP contribution is 2.43. The fourth-order valence-electron chi connectivity index (χ4n) is 4.55. The molecular weight excluding hydrogens is 474 g/mol. The van der Waals surface area contributed by atoms with Crippen molar-refractivity contribution >= 4 is 34.6 Å². The third-order valence-electron chi connectivity index (χ3n) is 6.08. The van der Waals surface area contributed by atoms with Crippen LogP contribution >= 0.6 is 12.2 Å². The van der Waals surface area contributed by atoms with E-state index in [-0.39, 0.29) is 23.7 Å². The van der Waals surface area contributed by atoms with Gasteiger partial charge in [-0.25, -0.2) is 0 Å². The standard InChI is InChI=1S/C27H25N5O3S/c1-17(33)29-22-16-19(10-13-24(22)35-2)32-26(25(30-27(32)36)21-6-3-4-14-28-21)23-7-5-15-31(23)18-8-11-20(34)12-9-18/h3-16,25-26,34H,1-2H3,(H,29,33)(H,30,36)/t25-,26-/m1/s1. The van der Waals surface area contributed by atoms with E-state index in [2.05, 4.69) is 20.2 Å². The monoisotopic (exact) mass is 499 g/mol. The van der Waals surface area contributed by atoms with Crippen molar-refractivity contribution in [3.8, 4) is 17.2 Å². The molecule has 36 heavy (non-hydrogen) atoms. The van der Waals surface area contributed by atoms with Crippen LogP contribution in [0.25, 0.3) is 5.69 Å². The van der Waals surface area contributed by atoms with E-state index < -0.39 is 0 Å². The van der Waals surface area contributed by atoms with Crippen LogP contribution in [0.4, 0.5) is 11.4 Å². The van der Waals surface area contributed by atoms with Gasteiger partial charge < -0.3 is 29.9 Å². The van der Waals surface area contributed by atoms with Gasteiger partial charge in [-0.15, -0.1) is 0 Å².